The van der Waals surface area contributed by atoms with Crippen LogP contribution in [0.3, 0.4) is 0 Å². The van der Waals surface area contributed by atoms with E-state index in [0.29, 0.717) is 25.2 Å². The van der Waals surface area contributed by atoms with Crippen LogP contribution < -0.4 is 5.32 Å². The molecule has 25 heavy (non-hydrogen) atoms. The van der Waals surface area contributed by atoms with Gasteiger partial charge < -0.3 is 10.2 Å². The van der Waals surface area contributed by atoms with E-state index in [9.17, 15) is 8.42 Å². The third-order valence-corrected chi connectivity index (χ3v) is 7.37. The zero-order valence-electron chi connectivity index (χ0n) is 17.2. The van der Waals surface area contributed by atoms with Crippen LogP contribution in [0, 0.1) is 0 Å². The molecule has 0 atom stereocenters. The van der Waals surface area contributed by atoms with Crippen molar-refractivity contribution >= 4 is 15.8 Å². The first-order valence-electron chi connectivity index (χ1n) is 9.53. The molecule has 0 unspecified atom stereocenters. The molecule has 1 fully saturated rings. The molecule has 6 nitrogen and oxygen atoms in total. The Kier molecular flexibility index (Phi) is 8.19. The molecule has 0 spiro atoms. The minimum absolute atomic E-state index is 0.193. The highest BCUT2D eigenvalue weighted by atomic mass is 32.2. The van der Waals surface area contributed by atoms with Crippen molar-refractivity contribution < 1.29 is 8.42 Å². The molecule has 148 valence electrons. The summed E-state index contributed by atoms with van der Waals surface area (Å²) in [5.74, 6) is 1.03. The number of nitrogens with one attached hydrogen (secondary N) is 1. The van der Waals surface area contributed by atoms with Gasteiger partial charge in [-0.3, -0.25) is 9.89 Å². The molecule has 0 aromatic carbocycles. The van der Waals surface area contributed by atoms with Gasteiger partial charge in [0.1, 0.15) is 0 Å². The summed E-state index contributed by atoms with van der Waals surface area (Å²) in [6.07, 6.45) is 1.00. The van der Waals surface area contributed by atoms with Crippen molar-refractivity contribution in [3.05, 3.63) is 0 Å². The summed E-state index contributed by atoms with van der Waals surface area (Å²) in [4.78, 5) is 9.31. The molecular formula is C18H38N4O2S. The predicted molar refractivity (Wildman–Crippen MR) is 107 cm³/mol. The van der Waals surface area contributed by atoms with E-state index in [0.717, 1.165) is 32.0 Å². The van der Waals surface area contributed by atoms with Crippen LogP contribution in [0.5, 0.6) is 0 Å². The van der Waals surface area contributed by atoms with Gasteiger partial charge in [-0.25, -0.2) is 8.42 Å². The SMILES string of the molecule is CCNC(=NCCCN(C(C)C)C(C)C)N1CCS(=O)(=O)C(C)(C)C1. The molecule has 1 saturated heterocycles. The number of hydrogen-bond acceptors (Lipinski definition) is 4. The molecule has 1 N–H and O–H groups in total. The van der Waals surface area contributed by atoms with Crippen molar-refractivity contribution in [3.8, 4) is 0 Å². The molecule has 1 aliphatic heterocycles. The first-order valence-corrected chi connectivity index (χ1v) is 11.2. The summed E-state index contributed by atoms with van der Waals surface area (Å²) in [6, 6.07) is 1.07. The fraction of sp³-hybridized carbons (Fsp3) is 0.944. The average Bonchev–Trinajstić information content (AvgIpc) is 2.48. The van der Waals surface area contributed by atoms with Crippen LogP contribution in [-0.2, 0) is 9.84 Å². The normalized spacial score (nSPS) is 20.6. The Labute approximate surface area is 155 Å². The van der Waals surface area contributed by atoms with Gasteiger partial charge in [-0.1, -0.05) is 0 Å². The van der Waals surface area contributed by atoms with Crippen LogP contribution in [0.4, 0.5) is 0 Å². The highest BCUT2D eigenvalue weighted by Crippen LogP contribution is 2.23. The molecule has 1 heterocycles. The third-order valence-electron chi connectivity index (χ3n) is 4.84. The van der Waals surface area contributed by atoms with Gasteiger partial charge in [0.25, 0.3) is 0 Å². The van der Waals surface area contributed by atoms with Gasteiger partial charge in [0.05, 0.1) is 10.5 Å². The molecule has 0 aromatic rings. The smallest absolute Gasteiger partial charge is 0.193 e. The second kappa shape index (κ2) is 9.21. The van der Waals surface area contributed by atoms with Crippen molar-refractivity contribution in [1.29, 1.82) is 0 Å². The van der Waals surface area contributed by atoms with Gasteiger partial charge >= 0.3 is 0 Å². The average molecular weight is 375 g/mol. The first kappa shape index (κ1) is 22.2. The summed E-state index contributed by atoms with van der Waals surface area (Å²) in [6.45, 7) is 18.1. The maximum atomic E-state index is 12.2. The number of aliphatic imine (C=N–C) groups is 1. The van der Waals surface area contributed by atoms with Crippen LogP contribution in [-0.4, -0.2) is 79.5 Å². The number of nitrogens with zero attached hydrogens (tertiary/aromatic N) is 3. The predicted octanol–water partition coefficient (Wildman–Crippen LogP) is 1.97. The van der Waals surface area contributed by atoms with E-state index < -0.39 is 14.6 Å². The summed E-state index contributed by atoms with van der Waals surface area (Å²) < 4.78 is 23.7. The van der Waals surface area contributed by atoms with Gasteiger partial charge in [0.15, 0.2) is 15.8 Å². The van der Waals surface area contributed by atoms with E-state index in [1.807, 2.05) is 6.92 Å². The van der Waals surface area contributed by atoms with Crippen LogP contribution in [0.2, 0.25) is 0 Å². The zero-order valence-corrected chi connectivity index (χ0v) is 18.0. The van der Waals surface area contributed by atoms with Crippen molar-refractivity contribution in [2.24, 2.45) is 4.99 Å². The van der Waals surface area contributed by atoms with Gasteiger partial charge in [-0.05, 0) is 54.9 Å². The van der Waals surface area contributed by atoms with Gasteiger partial charge in [0.2, 0.25) is 0 Å². The van der Waals surface area contributed by atoms with E-state index in [1.165, 1.54) is 0 Å². The van der Waals surface area contributed by atoms with Crippen molar-refractivity contribution in [3.63, 3.8) is 0 Å². The summed E-state index contributed by atoms with van der Waals surface area (Å²) in [7, 11) is -3.03. The highest BCUT2D eigenvalue weighted by Gasteiger charge is 2.40. The Bertz CT molecular complexity index is 533. The molecule has 1 rings (SSSR count). The topological polar surface area (TPSA) is 65.0 Å². The molecule has 0 bridgehead atoms. The van der Waals surface area contributed by atoms with Gasteiger partial charge in [0, 0.05) is 44.8 Å². The van der Waals surface area contributed by atoms with Crippen LogP contribution >= 0.6 is 0 Å². The highest BCUT2D eigenvalue weighted by molar-refractivity contribution is 7.92. The maximum Gasteiger partial charge on any atom is 0.193 e. The quantitative estimate of drug-likeness (QED) is 0.419. The Morgan fingerprint density at radius 1 is 1.24 bits per heavy atom. The van der Waals surface area contributed by atoms with E-state index in [1.54, 1.807) is 13.8 Å². The Balaban J connectivity index is 2.69. The molecule has 0 aromatic heterocycles. The standard InChI is InChI=1S/C18H38N4O2S/c1-8-19-17(20-10-9-11-22(15(2)3)16(4)5)21-12-13-25(23,24)18(6,7)14-21/h15-16H,8-14H2,1-7H3,(H,19,20). The lowest BCUT2D eigenvalue weighted by molar-refractivity contribution is 0.174. The lowest BCUT2D eigenvalue weighted by atomic mass is 10.2. The monoisotopic (exact) mass is 374 g/mol. The number of hydrogen-bond donors (Lipinski definition) is 1. The van der Waals surface area contributed by atoms with E-state index in [-0.39, 0.29) is 5.75 Å². The second-order valence-corrected chi connectivity index (χ2v) is 10.8. The molecule has 1 aliphatic rings. The molecule has 0 aliphatic carbocycles. The van der Waals surface area contributed by atoms with Crippen molar-refractivity contribution in [2.45, 2.75) is 71.7 Å². The summed E-state index contributed by atoms with van der Waals surface area (Å²) >= 11 is 0. The largest absolute Gasteiger partial charge is 0.357 e. The lowest BCUT2D eigenvalue weighted by Crippen LogP contribution is -2.57. The van der Waals surface area contributed by atoms with E-state index >= 15 is 0 Å². The first-order chi connectivity index (χ1) is 11.5. The number of rotatable bonds is 7. The van der Waals surface area contributed by atoms with Gasteiger partial charge in [-0.2, -0.15) is 0 Å². The Morgan fingerprint density at radius 3 is 2.32 bits per heavy atom. The van der Waals surface area contributed by atoms with Crippen LogP contribution in [0.1, 0.15) is 54.9 Å². The Morgan fingerprint density at radius 2 is 1.84 bits per heavy atom. The van der Waals surface area contributed by atoms with Gasteiger partial charge in [-0.15, -0.1) is 0 Å². The van der Waals surface area contributed by atoms with E-state index in [4.69, 9.17) is 4.99 Å². The maximum absolute atomic E-state index is 12.2. The van der Waals surface area contributed by atoms with Crippen molar-refractivity contribution in [1.82, 2.24) is 15.1 Å². The molecule has 0 amide bonds. The fourth-order valence-electron chi connectivity index (χ4n) is 3.30. The zero-order chi connectivity index (χ0) is 19.3. The molecule has 7 heteroatoms. The molecule has 0 radical (unpaired) electrons. The fourth-order valence-corrected chi connectivity index (χ4v) is 4.67. The van der Waals surface area contributed by atoms with E-state index in [2.05, 4.69) is 42.8 Å². The Hall–Kier alpha value is -0.820. The van der Waals surface area contributed by atoms with Crippen molar-refractivity contribution in [2.75, 3.05) is 38.5 Å². The summed E-state index contributed by atoms with van der Waals surface area (Å²) in [5, 5.41) is 3.32. The van der Waals surface area contributed by atoms with Crippen LogP contribution in [0.15, 0.2) is 4.99 Å². The van der Waals surface area contributed by atoms with Crippen LogP contribution in [0.25, 0.3) is 0 Å². The number of guanidine groups is 1. The molecule has 0 saturated carbocycles. The lowest BCUT2D eigenvalue weighted by Gasteiger charge is -2.39. The molecular weight excluding hydrogens is 336 g/mol. The summed E-state index contributed by atoms with van der Waals surface area (Å²) in [5.41, 5.74) is 0. The minimum Gasteiger partial charge on any atom is -0.357 e. The number of sulfone groups is 1. The minimum atomic E-state index is -3.03. The third kappa shape index (κ3) is 6.13. The second-order valence-electron chi connectivity index (χ2n) is 8.01.